The lowest BCUT2D eigenvalue weighted by Gasteiger charge is -2.32. The number of hydrogen-bond donors (Lipinski definition) is 2. The summed E-state index contributed by atoms with van der Waals surface area (Å²) in [6.45, 7) is 2.17. The van der Waals surface area contributed by atoms with E-state index in [-0.39, 0.29) is 11.7 Å². The molecule has 31 heavy (non-hydrogen) atoms. The van der Waals surface area contributed by atoms with Crippen molar-refractivity contribution in [1.82, 2.24) is 15.1 Å². The SMILES string of the molecule is COc1cccc(O)c1CN1CCC(c2[nH]ncc2-c2cccc(C(F)(F)F)c2)CC1. The molecule has 1 fully saturated rings. The van der Waals surface area contributed by atoms with Crippen LogP contribution in [0.25, 0.3) is 11.1 Å². The first-order valence-electron chi connectivity index (χ1n) is 10.1. The maximum atomic E-state index is 13.1. The first kappa shape index (κ1) is 21.2. The van der Waals surface area contributed by atoms with Gasteiger partial charge in [0.1, 0.15) is 11.5 Å². The number of alkyl halides is 3. The minimum atomic E-state index is -4.38. The lowest BCUT2D eigenvalue weighted by Crippen LogP contribution is -2.32. The summed E-state index contributed by atoms with van der Waals surface area (Å²) < 4.78 is 44.7. The Morgan fingerprint density at radius 1 is 1.16 bits per heavy atom. The molecule has 164 valence electrons. The van der Waals surface area contributed by atoms with Gasteiger partial charge in [0.2, 0.25) is 0 Å². The number of aromatic amines is 1. The average Bonchev–Trinajstić information content (AvgIpc) is 3.25. The second-order valence-corrected chi connectivity index (χ2v) is 7.78. The van der Waals surface area contributed by atoms with E-state index in [4.69, 9.17) is 4.74 Å². The smallest absolute Gasteiger partial charge is 0.416 e. The molecule has 5 nitrogen and oxygen atoms in total. The highest BCUT2D eigenvalue weighted by molar-refractivity contribution is 5.66. The molecule has 4 rings (SSSR count). The molecule has 1 aliphatic heterocycles. The summed E-state index contributed by atoms with van der Waals surface area (Å²) in [6, 6.07) is 10.6. The van der Waals surface area contributed by atoms with Gasteiger partial charge in [0.05, 0.1) is 18.9 Å². The Bertz CT molecular complexity index is 1040. The Balaban J connectivity index is 1.47. The molecule has 2 N–H and O–H groups in total. The minimum Gasteiger partial charge on any atom is -0.507 e. The monoisotopic (exact) mass is 431 g/mol. The third kappa shape index (κ3) is 4.54. The van der Waals surface area contributed by atoms with Gasteiger partial charge in [0.25, 0.3) is 0 Å². The number of aromatic nitrogens is 2. The number of piperidine rings is 1. The molecule has 0 spiro atoms. The number of hydrogen-bond acceptors (Lipinski definition) is 4. The third-order valence-electron chi connectivity index (χ3n) is 5.88. The molecule has 0 aliphatic carbocycles. The van der Waals surface area contributed by atoms with Crippen LogP contribution in [0.1, 0.15) is 35.6 Å². The van der Waals surface area contributed by atoms with Crippen LogP contribution >= 0.6 is 0 Å². The number of halogens is 3. The molecule has 8 heteroatoms. The number of ether oxygens (including phenoxy) is 1. The second-order valence-electron chi connectivity index (χ2n) is 7.78. The van der Waals surface area contributed by atoms with Crippen molar-refractivity contribution in [3.05, 3.63) is 65.5 Å². The van der Waals surface area contributed by atoms with E-state index in [1.54, 1.807) is 31.5 Å². The van der Waals surface area contributed by atoms with Crippen molar-refractivity contribution in [2.75, 3.05) is 20.2 Å². The van der Waals surface area contributed by atoms with E-state index in [0.717, 1.165) is 43.3 Å². The highest BCUT2D eigenvalue weighted by Gasteiger charge is 2.31. The van der Waals surface area contributed by atoms with Gasteiger partial charge in [0.15, 0.2) is 0 Å². The first-order valence-corrected chi connectivity index (χ1v) is 10.1. The van der Waals surface area contributed by atoms with Crippen molar-refractivity contribution in [1.29, 1.82) is 0 Å². The molecule has 1 aliphatic rings. The van der Waals surface area contributed by atoms with Gasteiger partial charge in [-0.3, -0.25) is 10.00 Å². The normalized spacial score (nSPS) is 15.9. The number of nitrogens with zero attached hydrogens (tertiary/aromatic N) is 2. The van der Waals surface area contributed by atoms with Gasteiger partial charge in [-0.15, -0.1) is 0 Å². The second kappa shape index (κ2) is 8.63. The van der Waals surface area contributed by atoms with Crippen LogP contribution in [0.3, 0.4) is 0 Å². The molecular formula is C23H24F3N3O2. The fraction of sp³-hybridized carbons (Fsp3) is 0.348. The Hall–Kier alpha value is -3.00. The molecule has 1 aromatic heterocycles. The molecule has 1 saturated heterocycles. The Labute approximate surface area is 178 Å². The molecule has 2 heterocycles. The summed E-state index contributed by atoms with van der Waals surface area (Å²) in [5, 5.41) is 17.3. The van der Waals surface area contributed by atoms with E-state index in [1.807, 2.05) is 6.07 Å². The summed E-state index contributed by atoms with van der Waals surface area (Å²) in [4.78, 5) is 2.24. The Morgan fingerprint density at radius 3 is 2.61 bits per heavy atom. The van der Waals surface area contributed by atoms with Crippen molar-refractivity contribution < 1.29 is 23.0 Å². The van der Waals surface area contributed by atoms with E-state index in [2.05, 4.69) is 15.1 Å². The zero-order valence-corrected chi connectivity index (χ0v) is 17.1. The van der Waals surface area contributed by atoms with Gasteiger partial charge in [-0.05, 0) is 55.8 Å². The summed E-state index contributed by atoms with van der Waals surface area (Å²) in [6.07, 6.45) is -1.10. The van der Waals surface area contributed by atoms with Crippen molar-refractivity contribution >= 4 is 0 Å². The van der Waals surface area contributed by atoms with Crippen molar-refractivity contribution in [3.63, 3.8) is 0 Å². The number of aromatic hydroxyl groups is 1. The van der Waals surface area contributed by atoms with Crippen LogP contribution in [0.4, 0.5) is 13.2 Å². The maximum Gasteiger partial charge on any atom is 0.416 e. The summed E-state index contributed by atoms with van der Waals surface area (Å²) in [7, 11) is 1.58. The van der Waals surface area contributed by atoms with Gasteiger partial charge in [0, 0.05) is 29.3 Å². The van der Waals surface area contributed by atoms with Crippen LogP contribution in [-0.2, 0) is 12.7 Å². The maximum absolute atomic E-state index is 13.1. The van der Waals surface area contributed by atoms with Crippen LogP contribution in [0.5, 0.6) is 11.5 Å². The third-order valence-corrected chi connectivity index (χ3v) is 5.88. The number of methoxy groups -OCH3 is 1. The number of phenolic OH excluding ortho intramolecular Hbond substituents is 1. The fourth-order valence-corrected chi connectivity index (χ4v) is 4.21. The molecular weight excluding hydrogens is 407 g/mol. The van der Waals surface area contributed by atoms with Crippen LogP contribution in [0.2, 0.25) is 0 Å². The predicted molar refractivity (Wildman–Crippen MR) is 111 cm³/mol. The fourth-order valence-electron chi connectivity index (χ4n) is 4.21. The number of benzene rings is 2. The number of H-pyrrole nitrogens is 1. The van der Waals surface area contributed by atoms with Crippen molar-refractivity contribution in [2.45, 2.75) is 31.5 Å². The molecule has 0 bridgehead atoms. The first-order chi connectivity index (χ1) is 14.9. The number of nitrogens with one attached hydrogen (secondary N) is 1. The van der Waals surface area contributed by atoms with E-state index < -0.39 is 11.7 Å². The van der Waals surface area contributed by atoms with Gasteiger partial charge in [-0.1, -0.05) is 18.2 Å². The van der Waals surface area contributed by atoms with E-state index in [9.17, 15) is 18.3 Å². The lowest BCUT2D eigenvalue weighted by molar-refractivity contribution is -0.137. The van der Waals surface area contributed by atoms with E-state index in [1.165, 1.54) is 12.1 Å². The topological polar surface area (TPSA) is 61.4 Å². The van der Waals surface area contributed by atoms with Crippen LogP contribution in [-0.4, -0.2) is 40.4 Å². The van der Waals surface area contributed by atoms with E-state index >= 15 is 0 Å². The Kier molecular flexibility index (Phi) is 5.91. The van der Waals surface area contributed by atoms with Crippen molar-refractivity contribution in [2.24, 2.45) is 0 Å². The molecule has 2 aromatic carbocycles. The molecule has 0 radical (unpaired) electrons. The summed E-state index contributed by atoms with van der Waals surface area (Å²) in [5.41, 5.74) is 2.20. The van der Waals surface area contributed by atoms with Crippen LogP contribution in [0, 0.1) is 0 Å². The quantitative estimate of drug-likeness (QED) is 0.584. The van der Waals surface area contributed by atoms with Gasteiger partial charge >= 0.3 is 6.18 Å². The molecule has 0 unspecified atom stereocenters. The molecule has 0 atom stereocenters. The summed E-state index contributed by atoms with van der Waals surface area (Å²) in [5.74, 6) is 1.04. The zero-order valence-electron chi connectivity index (χ0n) is 17.1. The predicted octanol–water partition coefficient (Wildman–Crippen LogP) is 5.19. The molecule has 3 aromatic rings. The highest BCUT2D eigenvalue weighted by atomic mass is 19.4. The molecule has 0 saturated carbocycles. The zero-order chi connectivity index (χ0) is 22.0. The van der Waals surface area contributed by atoms with Crippen LogP contribution < -0.4 is 4.74 Å². The van der Waals surface area contributed by atoms with Gasteiger partial charge in [-0.2, -0.15) is 18.3 Å². The van der Waals surface area contributed by atoms with Gasteiger partial charge < -0.3 is 9.84 Å². The van der Waals surface area contributed by atoms with E-state index in [0.29, 0.717) is 23.4 Å². The highest BCUT2D eigenvalue weighted by Crippen LogP contribution is 2.37. The average molecular weight is 431 g/mol. The lowest BCUT2D eigenvalue weighted by atomic mass is 9.89. The molecule has 0 amide bonds. The minimum absolute atomic E-state index is 0.176. The number of likely N-dealkylation sites (tertiary alicyclic amines) is 1. The Morgan fingerprint density at radius 2 is 1.90 bits per heavy atom. The number of phenols is 1. The number of rotatable bonds is 5. The standard InChI is InChI=1S/C23H24F3N3O2/c1-31-21-7-3-6-20(30)19(21)14-29-10-8-15(9-11-29)22-18(13-27-28-22)16-4-2-5-17(12-16)23(24,25)26/h2-7,12-13,15,30H,8-11,14H2,1H3,(H,27,28). The largest absolute Gasteiger partial charge is 0.507 e. The van der Waals surface area contributed by atoms with Crippen LogP contribution in [0.15, 0.2) is 48.7 Å². The van der Waals surface area contributed by atoms with Crippen molar-refractivity contribution in [3.8, 4) is 22.6 Å². The summed E-state index contributed by atoms with van der Waals surface area (Å²) >= 11 is 0. The van der Waals surface area contributed by atoms with Gasteiger partial charge in [-0.25, -0.2) is 0 Å².